The zero-order chi connectivity index (χ0) is 11.5. The van der Waals surface area contributed by atoms with Gasteiger partial charge in [0.1, 0.15) is 18.1 Å². The lowest BCUT2D eigenvalue weighted by Gasteiger charge is -2.14. The Morgan fingerprint density at radius 3 is 2.75 bits per heavy atom. The maximum Gasteiger partial charge on any atom is 0.407 e. The van der Waals surface area contributed by atoms with E-state index in [4.69, 9.17) is 14.2 Å². The number of amides is 1. The Bertz CT molecular complexity index is 405. The largest absolute Gasteiger partial charge is 0.497 e. The van der Waals surface area contributed by atoms with Crippen LogP contribution in [0.25, 0.3) is 0 Å². The van der Waals surface area contributed by atoms with Gasteiger partial charge < -0.3 is 19.5 Å². The van der Waals surface area contributed by atoms with Crippen LogP contribution in [-0.2, 0) is 4.74 Å². The van der Waals surface area contributed by atoms with Crippen LogP contribution in [0.1, 0.15) is 11.6 Å². The van der Waals surface area contributed by atoms with Crippen molar-refractivity contribution in [2.75, 3.05) is 20.8 Å². The molecular weight excluding hydrogens is 210 g/mol. The maximum absolute atomic E-state index is 11.0. The molecule has 0 bridgehead atoms. The number of rotatable bonds is 3. The minimum absolute atomic E-state index is 0.183. The van der Waals surface area contributed by atoms with Crippen LogP contribution in [0.15, 0.2) is 18.2 Å². The Labute approximate surface area is 93.3 Å². The summed E-state index contributed by atoms with van der Waals surface area (Å²) in [5, 5.41) is 2.70. The molecule has 1 aliphatic rings. The first kappa shape index (κ1) is 10.6. The van der Waals surface area contributed by atoms with Gasteiger partial charge in [0.05, 0.1) is 20.3 Å². The van der Waals surface area contributed by atoms with Crippen molar-refractivity contribution in [3.8, 4) is 11.5 Å². The molecule has 5 nitrogen and oxygen atoms in total. The van der Waals surface area contributed by atoms with E-state index in [9.17, 15) is 4.79 Å². The van der Waals surface area contributed by atoms with Gasteiger partial charge in [-0.25, -0.2) is 4.79 Å². The van der Waals surface area contributed by atoms with Crippen molar-refractivity contribution in [2.24, 2.45) is 0 Å². The first-order valence-corrected chi connectivity index (χ1v) is 4.90. The summed E-state index contributed by atoms with van der Waals surface area (Å²) >= 11 is 0. The lowest BCUT2D eigenvalue weighted by atomic mass is 10.1. The van der Waals surface area contributed by atoms with Crippen LogP contribution < -0.4 is 14.8 Å². The number of hydrogen-bond acceptors (Lipinski definition) is 4. The van der Waals surface area contributed by atoms with Crippen LogP contribution in [0, 0.1) is 0 Å². The van der Waals surface area contributed by atoms with E-state index in [1.165, 1.54) is 0 Å². The number of cyclic esters (lactones) is 1. The van der Waals surface area contributed by atoms with Crippen LogP contribution in [0.4, 0.5) is 4.79 Å². The molecule has 2 rings (SSSR count). The van der Waals surface area contributed by atoms with Crippen molar-refractivity contribution < 1.29 is 19.0 Å². The molecule has 0 aromatic heterocycles. The minimum atomic E-state index is -0.408. The summed E-state index contributed by atoms with van der Waals surface area (Å²) in [5.74, 6) is 1.42. The normalized spacial score (nSPS) is 18.9. The van der Waals surface area contributed by atoms with Crippen LogP contribution >= 0.6 is 0 Å². The van der Waals surface area contributed by atoms with E-state index < -0.39 is 6.09 Å². The van der Waals surface area contributed by atoms with E-state index in [0.717, 1.165) is 11.3 Å². The zero-order valence-corrected chi connectivity index (χ0v) is 9.15. The third-order valence-corrected chi connectivity index (χ3v) is 2.49. The second-order valence-corrected chi connectivity index (χ2v) is 3.40. The zero-order valence-electron chi connectivity index (χ0n) is 9.15. The van der Waals surface area contributed by atoms with Crippen molar-refractivity contribution in [3.05, 3.63) is 23.8 Å². The molecule has 1 heterocycles. The number of carbonyl (C=O) groups excluding carboxylic acids is 1. The summed E-state index contributed by atoms with van der Waals surface area (Å²) in [6.07, 6.45) is -0.408. The number of ether oxygens (including phenoxy) is 3. The molecule has 1 saturated heterocycles. The van der Waals surface area contributed by atoms with Gasteiger partial charge in [0.2, 0.25) is 0 Å². The summed E-state index contributed by atoms with van der Waals surface area (Å²) in [4.78, 5) is 11.0. The standard InChI is InChI=1S/C11H13NO4/c1-14-7-3-4-10(15-2)8(5-7)9-6-16-11(13)12-9/h3-5,9H,6H2,1-2H3,(H,12,13)/t9-/m1/s1. The maximum atomic E-state index is 11.0. The SMILES string of the molecule is COc1ccc(OC)c([C@H]2COC(=O)N2)c1. The first-order chi connectivity index (χ1) is 7.74. The topological polar surface area (TPSA) is 56.8 Å². The van der Waals surface area contributed by atoms with Crippen molar-refractivity contribution in [2.45, 2.75) is 6.04 Å². The Hall–Kier alpha value is -1.91. The third-order valence-electron chi connectivity index (χ3n) is 2.49. The first-order valence-electron chi connectivity index (χ1n) is 4.90. The number of nitrogens with one attached hydrogen (secondary N) is 1. The van der Waals surface area contributed by atoms with Gasteiger partial charge in [-0.05, 0) is 18.2 Å². The molecule has 0 radical (unpaired) electrons. The summed E-state index contributed by atoms with van der Waals surface area (Å²) < 4.78 is 15.2. The van der Waals surface area contributed by atoms with Crippen molar-refractivity contribution >= 4 is 6.09 Å². The fourth-order valence-electron chi connectivity index (χ4n) is 1.66. The number of carbonyl (C=O) groups is 1. The molecule has 1 amide bonds. The Balaban J connectivity index is 2.33. The van der Waals surface area contributed by atoms with Crippen LogP contribution in [0.2, 0.25) is 0 Å². The van der Waals surface area contributed by atoms with E-state index in [1.54, 1.807) is 26.4 Å². The molecule has 1 aromatic carbocycles. The Morgan fingerprint density at radius 1 is 1.38 bits per heavy atom. The Morgan fingerprint density at radius 2 is 2.19 bits per heavy atom. The van der Waals surface area contributed by atoms with E-state index in [2.05, 4.69) is 5.32 Å². The highest BCUT2D eigenvalue weighted by Gasteiger charge is 2.26. The molecule has 0 spiro atoms. The molecule has 16 heavy (non-hydrogen) atoms. The molecule has 5 heteroatoms. The van der Waals surface area contributed by atoms with E-state index in [-0.39, 0.29) is 6.04 Å². The van der Waals surface area contributed by atoms with Crippen LogP contribution in [0.5, 0.6) is 11.5 Å². The number of alkyl carbamates (subject to hydrolysis) is 1. The molecular formula is C11H13NO4. The third kappa shape index (κ3) is 1.88. The van der Waals surface area contributed by atoms with Crippen molar-refractivity contribution in [1.29, 1.82) is 0 Å². The van der Waals surface area contributed by atoms with Gasteiger partial charge in [0.25, 0.3) is 0 Å². The molecule has 1 aromatic rings. The number of benzene rings is 1. The van der Waals surface area contributed by atoms with Gasteiger partial charge in [0, 0.05) is 5.56 Å². The molecule has 1 atom stereocenters. The lowest BCUT2D eigenvalue weighted by molar-refractivity contribution is 0.177. The molecule has 86 valence electrons. The average molecular weight is 223 g/mol. The number of hydrogen-bond donors (Lipinski definition) is 1. The monoisotopic (exact) mass is 223 g/mol. The Kier molecular flexibility index (Phi) is 2.85. The molecule has 1 fully saturated rings. The summed E-state index contributed by atoms with van der Waals surface area (Å²) in [6, 6.07) is 5.26. The quantitative estimate of drug-likeness (QED) is 0.843. The highest BCUT2D eigenvalue weighted by atomic mass is 16.6. The van der Waals surface area contributed by atoms with Crippen molar-refractivity contribution in [1.82, 2.24) is 5.32 Å². The predicted molar refractivity (Wildman–Crippen MR) is 56.8 cm³/mol. The van der Waals surface area contributed by atoms with Crippen LogP contribution in [-0.4, -0.2) is 26.9 Å². The van der Waals surface area contributed by atoms with E-state index >= 15 is 0 Å². The molecule has 1 N–H and O–H groups in total. The van der Waals surface area contributed by atoms with Gasteiger partial charge in [-0.1, -0.05) is 0 Å². The van der Waals surface area contributed by atoms with Gasteiger partial charge in [-0.2, -0.15) is 0 Å². The van der Waals surface area contributed by atoms with E-state index in [0.29, 0.717) is 12.4 Å². The van der Waals surface area contributed by atoms with Gasteiger partial charge in [0.15, 0.2) is 0 Å². The van der Waals surface area contributed by atoms with Crippen LogP contribution in [0.3, 0.4) is 0 Å². The fourth-order valence-corrected chi connectivity index (χ4v) is 1.66. The van der Waals surface area contributed by atoms with Gasteiger partial charge in [-0.3, -0.25) is 0 Å². The summed E-state index contributed by atoms with van der Waals surface area (Å²) in [6.45, 7) is 0.308. The van der Waals surface area contributed by atoms with Gasteiger partial charge >= 0.3 is 6.09 Å². The predicted octanol–water partition coefficient (Wildman–Crippen LogP) is 1.48. The second kappa shape index (κ2) is 4.30. The molecule has 1 aliphatic heterocycles. The van der Waals surface area contributed by atoms with E-state index in [1.807, 2.05) is 6.07 Å². The molecule has 0 unspecified atom stereocenters. The molecule has 0 saturated carbocycles. The lowest BCUT2D eigenvalue weighted by Crippen LogP contribution is -2.18. The highest BCUT2D eigenvalue weighted by molar-refractivity contribution is 5.70. The summed E-state index contributed by atoms with van der Waals surface area (Å²) in [5.41, 5.74) is 0.854. The number of methoxy groups -OCH3 is 2. The second-order valence-electron chi connectivity index (χ2n) is 3.40. The van der Waals surface area contributed by atoms with Crippen molar-refractivity contribution in [3.63, 3.8) is 0 Å². The smallest absolute Gasteiger partial charge is 0.407 e. The minimum Gasteiger partial charge on any atom is -0.497 e. The van der Waals surface area contributed by atoms with Gasteiger partial charge in [-0.15, -0.1) is 0 Å². The average Bonchev–Trinajstić information content (AvgIpc) is 2.75. The fraction of sp³-hybridized carbons (Fsp3) is 0.364. The highest BCUT2D eigenvalue weighted by Crippen LogP contribution is 2.31. The molecule has 0 aliphatic carbocycles. The summed E-state index contributed by atoms with van der Waals surface area (Å²) in [7, 11) is 3.18.